The molecule has 0 aromatic heterocycles. The highest BCUT2D eigenvalue weighted by Gasteiger charge is 2.40. The first-order chi connectivity index (χ1) is 8.13. The highest BCUT2D eigenvalue weighted by atomic mass is 32.2. The van der Waals surface area contributed by atoms with Crippen molar-refractivity contribution in [2.24, 2.45) is 5.41 Å². The molecule has 94 valence electrons. The predicted molar refractivity (Wildman–Crippen MR) is 77.4 cm³/mol. The molecule has 1 aliphatic carbocycles. The third kappa shape index (κ3) is 3.05. The van der Waals surface area contributed by atoms with Crippen molar-refractivity contribution in [3.05, 3.63) is 35.9 Å². The Morgan fingerprint density at radius 1 is 1.29 bits per heavy atom. The molecule has 2 rings (SSSR count). The van der Waals surface area contributed by atoms with Gasteiger partial charge in [-0.15, -0.1) is 0 Å². The molecule has 0 saturated heterocycles. The standard InChI is InChI=1S/C15H23NS/c1-15(2)10-9-13(14(15)16-3)17-11-12-7-5-4-6-8-12/h4-8,13-14,16H,9-11H2,1-3H3. The molecule has 2 unspecified atom stereocenters. The fourth-order valence-corrected chi connectivity index (χ4v) is 4.45. The molecule has 0 spiro atoms. The molecule has 1 N–H and O–H groups in total. The number of hydrogen-bond donors (Lipinski definition) is 1. The smallest absolute Gasteiger partial charge is 0.0234 e. The van der Waals surface area contributed by atoms with Crippen LogP contribution in [0.15, 0.2) is 30.3 Å². The number of thioether (sulfide) groups is 1. The van der Waals surface area contributed by atoms with Gasteiger partial charge in [0.1, 0.15) is 0 Å². The fraction of sp³-hybridized carbons (Fsp3) is 0.600. The molecule has 17 heavy (non-hydrogen) atoms. The molecule has 0 bridgehead atoms. The first-order valence-electron chi connectivity index (χ1n) is 6.46. The maximum atomic E-state index is 3.52. The van der Waals surface area contributed by atoms with Gasteiger partial charge in [-0.3, -0.25) is 0 Å². The van der Waals surface area contributed by atoms with E-state index >= 15 is 0 Å². The van der Waals surface area contributed by atoms with Gasteiger partial charge in [-0.1, -0.05) is 44.2 Å². The van der Waals surface area contributed by atoms with Crippen LogP contribution in [0.25, 0.3) is 0 Å². The van der Waals surface area contributed by atoms with Crippen LogP contribution in [0, 0.1) is 5.41 Å². The average Bonchev–Trinajstić information content (AvgIpc) is 2.62. The second-order valence-electron chi connectivity index (χ2n) is 5.63. The van der Waals surface area contributed by atoms with Gasteiger partial charge in [0, 0.05) is 17.0 Å². The van der Waals surface area contributed by atoms with Crippen LogP contribution in [0.1, 0.15) is 32.3 Å². The lowest BCUT2D eigenvalue weighted by molar-refractivity contribution is 0.300. The normalized spacial score (nSPS) is 27.2. The van der Waals surface area contributed by atoms with Crippen molar-refractivity contribution < 1.29 is 0 Å². The third-order valence-electron chi connectivity index (χ3n) is 3.90. The van der Waals surface area contributed by atoms with Crippen LogP contribution in [-0.4, -0.2) is 18.3 Å². The Morgan fingerprint density at radius 2 is 2.00 bits per heavy atom. The van der Waals surface area contributed by atoms with Gasteiger partial charge in [-0.05, 0) is 30.9 Å². The molecule has 0 heterocycles. The van der Waals surface area contributed by atoms with E-state index in [4.69, 9.17) is 0 Å². The maximum absolute atomic E-state index is 3.52. The number of nitrogens with one attached hydrogen (secondary N) is 1. The first-order valence-corrected chi connectivity index (χ1v) is 7.51. The van der Waals surface area contributed by atoms with Crippen LogP contribution in [0.2, 0.25) is 0 Å². The summed E-state index contributed by atoms with van der Waals surface area (Å²) in [5.41, 5.74) is 1.89. The van der Waals surface area contributed by atoms with E-state index in [1.54, 1.807) is 0 Å². The Labute approximate surface area is 109 Å². The predicted octanol–water partition coefficient (Wildman–Crippen LogP) is 3.70. The Kier molecular flexibility index (Phi) is 4.16. The summed E-state index contributed by atoms with van der Waals surface area (Å²) in [7, 11) is 2.10. The van der Waals surface area contributed by atoms with Gasteiger partial charge in [0.05, 0.1) is 0 Å². The van der Waals surface area contributed by atoms with E-state index in [0.717, 1.165) is 11.0 Å². The van der Waals surface area contributed by atoms with Crippen molar-refractivity contribution in [1.29, 1.82) is 0 Å². The van der Waals surface area contributed by atoms with Crippen molar-refractivity contribution in [3.8, 4) is 0 Å². The van der Waals surface area contributed by atoms with Gasteiger partial charge >= 0.3 is 0 Å². The summed E-state index contributed by atoms with van der Waals surface area (Å²) in [4.78, 5) is 0. The van der Waals surface area contributed by atoms with Crippen LogP contribution in [0.4, 0.5) is 0 Å². The monoisotopic (exact) mass is 249 g/mol. The molecule has 0 aliphatic heterocycles. The lowest BCUT2D eigenvalue weighted by Crippen LogP contribution is -2.41. The Hall–Kier alpha value is -0.470. The van der Waals surface area contributed by atoms with Crippen LogP contribution < -0.4 is 5.32 Å². The summed E-state index contributed by atoms with van der Waals surface area (Å²) in [6.45, 7) is 4.77. The molecule has 0 radical (unpaired) electrons. The molecule has 1 nitrogen and oxygen atoms in total. The van der Waals surface area contributed by atoms with E-state index in [-0.39, 0.29) is 0 Å². The molecule has 2 heteroatoms. The van der Waals surface area contributed by atoms with E-state index in [1.807, 2.05) is 0 Å². The van der Waals surface area contributed by atoms with E-state index in [2.05, 4.69) is 68.3 Å². The van der Waals surface area contributed by atoms with E-state index in [1.165, 1.54) is 18.4 Å². The molecule has 2 atom stereocenters. The maximum Gasteiger partial charge on any atom is 0.0234 e. The minimum absolute atomic E-state index is 0.448. The highest BCUT2D eigenvalue weighted by Crippen LogP contribution is 2.43. The largest absolute Gasteiger partial charge is 0.315 e. The van der Waals surface area contributed by atoms with Crippen molar-refractivity contribution in [2.75, 3.05) is 7.05 Å². The van der Waals surface area contributed by atoms with E-state index in [9.17, 15) is 0 Å². The van der Waals surface area contributed by atoms with Crippen molar-refractivity contribution in [3.63, 3.8) is 0 Å². The van der Waals surface area contributed by atoms with Crippen molar-refractivity contribution in [2.45, 2.75) is 43.7 Å². The van der Waals surface area contributed by atoms with Crippen LogP contribution in [-0.2, 0) is 5.75 Å². The lowest BCUT2D eigenvalue weighted by Gasteiger charge is -2.30. The zero-order valence-corrected chi connectivity index (χ0v) is 11.9. The molecular formula is C15H23NS. The Bertz CT molecular complexity index is 347. The molecular weight excluding hydrogens is 226 g/mol. The first kappa shape index (κ1) is 13.0. The highest BCUT2D eigenvalue weighted by molar-refractivity contribution is 7.99. The average molecular weight is 249 g/mol. The topological polar surface area (TPSA) is 12.0 Å². The zero-order valence-electron chi connectivity index (χ0n) is 11.1. The number of rotatable bonds is 4. The van der Waals surface area contributed by atoms with Crippen LogP contribution in [0.3, 0.4) is 0 Å². The van der Waals surface area contributed by atoms with Crippen molar-refractivity contribution in [1.82, 2.24) is 5.32 Å². The van der Waals surface area contributed by atoms with Gasteiger partial charge in [0.15, 0.2) is 0 Å². The summed E-state index contributed by atoms with van der Waals surface area (Å²) in [5, 5.41) is 4.28. The number of benzene rings is 1. The van der Waals surface area contributed by atoms with E-state index < -0.39 is 0 Å². The van der Waals surface area contributed by atoms with Gasteiger partial charge < -0.3 is 5.32 Å². The van der Waals surface area contributed by atoms with Gasteiger partial charge in [0.2, 0.25) is 0 Å². The third-order valence-corrected chi connectivity index (χ3v) is 5.34. The summed E-state index contributed by atoms with van der Waals surface area (Å²) in [6.07, 6.45) is 2.68. The minimum atomic E-state index is 0.448. The number of hydrogen-bond acceptors (Lipinski definition) is 2. The summed E-state index contributed by atoms with van der Waals surface area (Å²) in [5.74, 6) is 1.14. The second-order valence-corrected chi connectivity index (χ2v) is 6.86. The van der Waals surface area contributed by atoms with Gasteiger partial charge in [-0.25, -0.2) is 0 Å². The molecule has 1 saturated carbocycles. The molecule has 1 aromatic carbocycles. The zero-order chi connectivity index (χ0) is 12.3. The summed E-state index contributed by atoms with van der Waals surface area (Å²) < 4.78 is 0. The minimum Gasteiger partial charge on any atom is -0.315 e. The lowest BCUT2D eigenvalue weighted by atomic mass is 9.87. The second kappa shape index (κ2) is 5.45. The van der Waals surface area contributed by atoms with Crippen LogP contribution >= 0.6 is 11.8 Å². The van der Waals surface area contributed by atoms with E-state index in [0.29, 0.717) is 11.5 Å². The van der Waals surface area contributed by atoms with Crippen LogP contribution in [0.5, 0.6) is 0 Å². The summed E-state index contributed by atoms with van der Waals surface area (Å²) >= 11 is 2.11. The van der Waals surface area contributed by atoms with Crippen molar-refractivity contribution >= 4 is 11.8 Å². The molecule has 1 aromatic rings. The van der Waals surface area contributed by atoms with Gasteiger partial charge in [0.25, 0.3) is 0 Å². The Morgan fingerprint density at radius 3 is 2.65 bits per heavy atom. The summed E-state index contributed by atoms with van der Waals surface area (Å²) in [6, 6.07) is 11.4. The quantitative estimate of drug-likeness (QED) is 0.873. The molecule has 0 amide bonds. The fourth-order valence-electron chi connectivity index (χ4n) is 2.87. The molecule has 1 aliphatic rings. The molecule has 1 fully saturated rings. The Balaban J connectivity index is 1.92. The van der Waals surface area contributed by atoms with Gasteiger partial charge in [-0.2, -0.15) is 11.8 Å². The SMILES string of the molecule is CNC1C(SCc2ccccc2)CCC1(C)C.